The number of carbonyl (C=O) groups excluding carboxylic acids is 2. The smallest absolute Gasteiger partial charge is 0.255 e. The summed E-state index contributed by atoms with van der Waals surface area (Å²) in [6, 6.07) is 12.4. The van der Waals surface area contributed by atoms with Crippen LogP contribution in [0, 0.1) is 0 Å². The first-order valence-corrected chi connectivity index (χ1v) is 10.5. The predicted molar refractivity (Wildman–Crippen MR) is 114 cm³/mol. The molecule has 0 spiro atoms. The van der Waals surface area contributed by atoms with E-state index >= 15 is 0 Å². The average molecular weight is 445 g/mol. The molecule has 0 saturated carbocycles. The first-order valence-electron chi connectivity index (χ1n) is 9.71. The second-order valence-electron chi connectivity index (χ2n) is 6.88. The lowest BCUT2D eigenvalue weighted by Crippen LogP contribution is -2.27. The van der Waals surface area contributed by atoms with Crippen LogP contribution < -0.4 is 10.1 Å². The van der Waals surface area contributed by atoms with Gasteiger partial charge in [0.1, 0.15) is 5.75 Å². The number of nitrogens with zero attached hydrogens (tertiary/aromatic N) is 1. The van der Waals surface area contributed by atoms with Crippen LogP contribution in [-0.2, 0) is 0 Å². The summed E-state index contributed by atoms with van der Waals surface area (Å²) in [5.41, 5.74) is 1.72. The van der Waals surface area contributed by atoms with Gasteiger partial charge in [-0.15, -0.1) is 0 Å². The molecule has 3 rings (SSSR count). The summed E-state index contributed by atoms with van der Waals surface area (Å²) >= 11 is 3.47. The minimum Gasteiger partial charge on any atom is -0.492 e. The first kappa shape index (κ1) is 20.4. The lowest BCUT2D eigenvalue weighted by Gasteiger charge is -2.16. The van der Waals surface area contributed by atoms with E-state index in [2.05, 4.69) is 28.2 Å². The molecule has 0 atom stereocenters. The minimum absolute atomic E-state index is 0.0184. The lowest BCUT2D eigenvalue weighted by atomic mass is 10.1. The molecule has 6 heteroatoms. The molecule has 1 aliphatic heterocycles. The Hall–Kier alpha value is -2.34. The van der Waals surface area contributed by atoms with Crippen molar-refractivity contribution in [1.82, 2.24) is 4.90 Å². The van der Waals surface area contributed by atoms with E-state index in [1.807, 2.05) is 4.90 Å². The van der Waals surface area contributed by atoms with Crippen molar-refractivity contribution >= 4 is 33.4 Å². The molecule has 0 unspecified atom stereocenters. The van der Waals surface area contributed by atoms with E-state index in [0.29, 0.717) is 23.4 Å². The summed E-state index contributed by atoms with van der Waals surface area (Å²) in [5.74, 6) is 0.514. The second-order valence-corrected chi connectivity index (χ2v) is 7.74. The highest BCUT2D eigenvalue weighted by Crippen LogP contribution is 2.27. The van der Waals surface area contributed by atoms with Crippen molar-refractivity contribution in [2.45, 2.75) is 32.6 Å². The maximum atomic E-state index is 12.6. The fourth-order valence-corrected chi connectivity index (χ4v) is 3.61. The molecule has 0 aromatic heterocycles. The highest BCUT2D eigenvalue weighted by Gasteiger charge is 2.19. The summed E-state index contributed by atoms with van der Waals surface area (Å²) in [6.45, 7) is 4.37. The van der Waals surface area contributed by atoms with Crippen LogP contribution in [0.15, 0.2) is 46.9 Å². The van der Waals surface area contributed by atoms with Crippen molar-refractivity contribution in [3.63, 3.8) is 0 Å². The van der Waals surface area contributed by atoms with Gasteiger partial charge in [-0.1, -0.05) is 19.4 Å². The van der Waals surface area contributed by atoms with Gasteiger partial charge in [0.2, 0.25) is 0 Å². The summed E-state index contributed by atoms with van der Waals surface area (Å²) in [5, 5.41) is 2.87. The van der Waals surface area contributed by atoms with E-state index in [-0.39, 0.29) is 11.8 Å². The molecule has 2 aromatic rings. The third-order valence-electron chi connectivity index (χ3n) is 4.71. The van der Waals surface area contributed by atoms with Crippen LogP contribution in [0.4, 0.5) is 5.69 Å². The molecule has 1 fully saturated rings. The Bertz CT molecular complexity index is 847. The highest BCUT2D eigenvalue weighted by molar-refractivity contribution is 9.10. The Kier molecular flexibility index (Phi) is 7.09. The summed E-state index contributed by atoms with van der Waals surface area (Å²) in [6.07, 6.45) is 4.16. The number of benzene rings is 2. The summed E-state index contributed by atoms with van der Waals surface area (Å²) in [4.78, 5) is 27.0. The third-order valence-corrected chi connectivity index (χ3v) is 5.33. The van der Waals surface area contributed by atoms with Crippen LogP contribution in [0.3, 0.4) is 0 Å². The van der Waals surface area contributed by atoms with E-state index in [9.17, 15) is 9.59 Å². The number of amides is 2. The monoisotopic (exact) mass is 444 g/mol. The van der Waals surface area contributed by atoms with Gasteiger partial charge in [0.25, 0.3) is 11.8 Å². The van der Waals surface area contributed by atoms with Crippen molar-refractivity contribution < 1.29 is 14.3 Å². The maximum absolute atomic E-state index is 12.6. The number of hydrogen-bond donors (Lipinski definition) is 1. The fraction of sp³-hybridized carbons (Fsp3) is 0.364. The van der Waals surface area contributed by atoms with E-state index in [4.69, 9.17) is 4.74 Å². The molecule has 1 heterocycles. The van der Waals surface area contributed by atoms with Gasteiger partial charge in [-0.3, -0.25) is 9.59 Å². The van der Waals surface area contributed by atoms with Crippen molar-refractivity contribution in [1.29, 1.82) is 0 Å². The molecule has 148 valence electrons. The van der Waals surface area contributed by atoms with Gasteiger partial charge in [0.15, 0.2) is 0 Å². The van der Waals surface area contributed by atoms with Crippen LogP contribution in [0.5, 0.6) is 5.75 Å². The molecule has 1 aliphatic rings. The first-order chi connectivity index (χ1) is 13.6. The molecule has 1 N–H and O–H groups in total. The number of anilines is 1. The molecular weight excluding hydrogens is 420 g/mol. The molecule has 0 radical (unpaired) electrons. The minimum atomic E-state index is -0.230. The van der Waals surface area contributed by atoms with Gasteiger partial charge in [-0.25, -0.2) is 0 Å². The number of hydrogen-bond acceptors (Lipinski definition) is 3. The molecule has 5 nitrogen and oxygen atoms in total. The molecular formula is C22H25BrN2O3. The fourth-order valence-electron chi connectivity index (χ4n) is 3.12. The number of likely N-dealkylation sites (tertiary alicyclic amines) is 1. The third kappa shape index (κ3) is 5.13. The average Bonchev–Trinajstić information content (AvgIpc) is 3.23. The SMILES string of the molecule is CCCCOc1ccc(C(=O)Nc2cccc(C(=O)N3CCCC3)c2)cc1Br. The van der Waals surface area contributed by atoms with E-state index < -0.39 is 0 Å². The topological polar surface area (TPSA) is 58.6 Å². The predicted octanol–water partition coefficient (Wildman–Crippen LogP) is 5.12. The van der Waals surface area contributed by atoms with Crippen molar-refractivity contribution in [3.8, 4) is 5.75 Å². The summed E-state index contributed by atoms with van der Waals surface area (Å²) < 4.78 is 6.44. The van der Waals surface area contributed by atoms with Crippen LogP contribution >= 0.6 is 15.9 Å². The van der Waals surface area contributed by atoms with Crippen LogP contribution in [0.25, 0.3) is 0 Å². The normalized spacial score (nSPS) is 13.4. The van der Waals surface area contributed by atoms with Gasteiger partial charge in [-0.2, -0.15) is 0 Å². The molecule has 2 amide bonds. The number of unbranched alkanes of at least 4 members (excludes halogenated alkanes) is 1. The number of nitrogens with one attached hydrogen (secondary N) is 1. The second kappa shape index (κ2) is 9.73. The maximum Gasteiger partial charge on any atom is 0.255 e. The number of halogens is 1. The van der Waals surface area contributed by atoms with Crippen LogP contribution in [0.1, 0.15) is 53.3 Å². The van der Waals surface area contributed by atoms with Gasteiger partial charge in [-0.05, 0) is 71.6 Å². The molecule has 2 aromatic carbocycles. The zero-order valence-corrected chi connectivity index (χ0v) is 17.6. The van der Waals surface area contributed by atoms with Gasteiger partial charge in [0, 0.05) is 29.9 Å². The quantitative estimate of drug-likeness (QED) is 0.603. The number of rotatable bonds is 7. The van der Waals surface area contributed by atoms with Crippen molar-refractivity contribution in [2.24, 2.45) is 0 Å². The molecule has 1 saturated heterocycles. The Balaban J connectivity index is 1.66. The van der Waals surface area contributed by atoms with Gasteiger partial charge >= 0.3 is 0 Å². The Morgan fingerprint density at radius 3 is 2.61 bits per heavy atom. The Morgan fingerprint density at radius 2 is 1.89 bits per heavy atom. The number of ether oxygens (including phenoxy) is 1. The van der Waals surface area contributed by atoms with Crippen molar-refractivity contribution in [2.75, 3.05) is 25.0 Å². The van der Waals surface area contributed by atoms with E-state index in [1.54, 1.807) is 42.5 Å². The van der Waals surface area contributed by atoms with E-state index in [0.717, 1.165) is 49.0 Å². The van der Waals surface area contributed by atoms with Crippen LogP contribution in [-0.4, -0.2) is 36.4 Å². The largest absolute Gasteiger partial charge is 0.492 e. The van der Waals surface area contributed by atoms with Crippen molar-refractivity contribution in [3.05, 3.63) is 58.1 Å². The summed E-state index contributed by atoms with van der Waals surface area (Å²) in [7, 11) is 0. The van der Waals surface area contributed by atoms with Gasteiger partial charge < -0.3 is 15.0 Å². The Labute approximate surface area is 174 Å². The molecule has 28 heavy (non-hydrogen) atoms. The zero-order chi connectivity index (χ0) is 19.9. The number of carbonyl (C=O) groups is 2. The van der Waals surface area contributed by atoms with Crippen LogP contribution in [0.2, 0.25) is 0 Å². The zero-order valence-electron chi connectivity index (χ0n) is 16.0. The van der Waals surface area contributed by atoms with E-state index in [1.165, 1.54) is 0 Å². The Morgan fingerprint density at radius 1 is 1.11 bits per heavy atom. The standard InChI is InChI=1S/C22H25BrN2O3/c1-2-3-13-28-20-10-9-16(15-19(20)23)21(26)24-18-8-6-7-17(14-18)22(27)25-11-4-5-12-25/h6-10,14-15H,2-5,11-13H2,1H3,(H,24,26). The van der Waals surface area contributed by atoms with Gasteiger partial charge in [0.05, 0.1) is 11.1 Å². The molecule has 0 bridgehead atoms. The lowest BCUT2D eigenvalue weighted by molar-refractivity contribution is 0.0792. The molecule has 0 aliphatic carbocycles. The highest BCUT2D eigenvalue weighted by atomic mass is 79.9.